The monoisotopic (exact) mass is 900 g/mol. The maximum atomic E-state index is 11.8. The summed E-state index contributed by atoms with van der Waals surface area (Å²) in [5.74, 6) is 0.637. The minimum Gasteiger partial charge on any atom is -0.476 e. The van der Waals surface area contributed by atoms with Gasteiger partial charge in [0.1, 0.15) is 24.0 Å². The lowest BCUT2D eigenvalue weighted by atomic mass is 9.49. The smallest absolute Gasteiger partial charge is 0.476 e. The number of nitrogens with zero attached hydrogens (tertiary/aromatic N) is 2. The Kier molecular flexibility index (Phi) is 13.8. The van der Waals surface area contributed by atoms with E-state index in [2.05, 4.69) is 25.9 Å². The number of pyridine rings is 2. The van der Waals surface area contributed by atoms with Crippen LogP contribution >= 0.6 is 15.9 Å². The summed E-state index contributed by atoms with van der Waals surface area (Å²) in [6.45, 7) is 28.9. The fourth-order valence-electron chi connectivity index (χ4n) is 6.40. The zero-order chi connectivity index (χ0) is 44.9. The number of aryl methyl sites for hydroxylation is 2. The van der Waals surface area contributed by atoms with Crippen LogP contribution in [0.3, 0.4) is 0 Å². The second kappa shape index (κ2) is 17.1. The number of methoxy groups -OCH3 is 2. The highest BCUT2D eigenvalue weighted by Crippen LogP contribution is 2.48. The number of ether oxygens (including phenoxy) is 4. The molecule has 0 bridgehead atoms. The van der Waals surface area contributed by atoms with Crippen LogP contribution in [0.5, 0.6) is 11.8 Å². The summed E-state index contributed by atoms with van der Waals surface area (Å²) in [6.07, 6.45) is 6.67. The standard InChI is InChI=1S/C18H26BNO5.C12H24B2O4.C12H14BrNO3/c1-12-9-14(23-11-18(7-8-18)15(21)22-6)20-10-13(12)19-24-16(2,3)17(4,5)25-19;1-9(2)10(3,4)16-13(15-9)14-17-11(5,6)12(7,8)18-14;1-8-5-10(14-6-9(8)13)17-7-12(3-4-12)11(15)16-2/h9-10H,7-8,11H2,1-6H3;1-8H3;5-6H,3-4,7H2,1-2H3. The molecule has 5 heterocycles. The first-order valence-corrected chi connectivity index (χ1v) is 21.4. The first-order valence-electron chi connectivity index (χ1n) is 20.6. The van der Waals surface area contributed by atoms with Crippen molar-refractivity contribution in [2.24, 2.45) is 10.8 Å². The summed E-state index contributed by atoms with van der Waals surface area (Å²) in [4.78, 5) is 31.8. The molecule has 0 spiro atoms. The minimum absolute atomic E-state index is 0.189. The van der Waals surface area contributed by atoms with Gasteiger partial charge in [0.15, 0.2) is 0 Å². The SMILES string of the molecule is CC1(C)OB(B2OC(C)(C)C(C)(C)O2)OC1(C)C.COC(=O)C1(COc2cc(C)c(B3OC(C)(C)C(C)(C)O3)cn2)CC1.COC(=O)C1(COc2cc(C)c(Br)cn2)CC1. The molecule has 330 valence electrons. The van der Waals surface area contributed by atoms with Crippen molar-refractivity contribution in [3.63, 3.8) is 0 Å². The van der Waals surface area contributed by atoms with Crippen molar-refractivity contribution in [1.29, 1.82) is 0 Å². The maximum absolute atomic E-state index is 11.8. The molecular formula is C42H64B3BrN2O12. The molecule has 2 aliphatic carbocycles. The highest BCUT2D eigenvalue weighted by molar-refractivity contribution is 9.10. The molecule has 0 N–H and O–H groups in total. The number of aromatic nitrogens is 2. The molecule has 14 nitrogen and oxygen atoms in total. The van der Waals surface area contributed by atoms with Crippen molar-refractivity contribution in [3.8, 4) is 11.8 Å². The van der Waals surface area contributed by atoms with Gasteiger partial charge in [0.25, 0.3) is 0 Å². The molecule has 0 amide bonds. The number of hydrogen-bond donors (Lipinski definition) is 0. The second-order valence-electron chi connectivity index (χ2n) is 19.6. The van der Waals surface area contributed by atoms with Crippen LogP contribution in [0.15, 0.2) is 29.0 Å². The van der Waals surface area contributed by atoms with Crippen LogP contribution in [0.4, 0.5) is 0 Å². The number of esters is 2. The van der Waals surface area contributed by atoms with Gasteiger partial charge in [-0.2, -0.15) is 0 Å². The predicted octanol–water partition coefficient (Wildman–Crippen LogP) is 6.75. The number of halogens is 1. The van der Waals surface area contributed by atoms with Gasteiger partial charge >= 0.3 is 33.1 Å². The largest absolute Gasteiger partial charge is 0.496 e. The summed E-state index contributed by atoms with van der Waals surface area (Å²) in [5, 5.41) is 0. The Morgan fingerprint density at radius 3 is 1.23 bits per heavy atom. The lowest BCUT2D eigenvalue weighted by Gasteiger charge is -2.32. The number of rotatable bonds is 10. The summed E-state index contributed by atoms with van der Waals surface area (Å²) < 4.78 is 57.9. The Balaban J connectivity index is 0.000000175. The van der Waals surface area contributed by atoms with E-state index in [0.29, 0.717) is 25.0 Å². The van der Waals surface area contributed by atoms with E-state index in [9.17, 15) is 9.59 Å². The average molecular weight is 901 g/mol. The first kappa shape index (κ1) is 48.3. The molecule has 0 unspecified atom stereocenters. The lowest BCUT2D eigenvalue weighted by molar-refractivity contribution is -0.149. The highest BCUT2D eigenvalue weighted by Gasteiger charge is 2.64. The molecule has 3 aliphatic heterocycles. The van der Waals surface area contributed by atoms with Crippen molar-refractivity contribution >= 4 is 54.5 Å². The van der Waals surface area contributed by atoms with Gasteiger partial charge in [-0.05, 0) is 150 Å². The van der Waals surface area contributed by atoms with Crippen molar-refractivity contribution < 1.29 is 56.5 Å². The molecule has 2 aromatic heterocycles. The molecule has 3 saturated heterocycles. The number of hydrogen-bond acceptors (Lipinski definition) is 14. The van der Waals surface area contributed by atoms with E-state index in [-0.39, 0.29) is 34.3 Å². The third-order valence-corrected chi connectivity index (χ3v) is 14.2. The van der Waals surface area contributed by atoms with Gasteiger partial charge in [-0.1, -0.05) is 0 Å². The molecular weight excluding hydrogens is 837 g/mol. The first-order chi connectivity index (χ1) is 27.6. The summed E-state index contributed by atoms with van der Waals surface area (Å²) in [5.41, 5.74) is -0.225. The molecule has 2 saturated carbocycles. The van der Waals surface area contributed by atoms with Crippen molar-refractivity contribution in [3.05, 3.63) is 40.1 Å². The van der Waals surface area contributed by atoms with E-state index in [0.717, 1.165) is 46.7 Å². The molecule has 7 rings (SSSR count). The van der Waals surface area contributed by atoms with E-state index in [1.807, 2.05) is 109 Å². The van der Waals surface area contributed by atoms with Gasteiger partial charge in [-0.15, -0.1) is 0 Å². The van der Waals surface area contributed by atoms with Gasteiger partial charge in [0.05, 0.1) is 47.8 Å². The Hall–Kier alpha value is -2.73. The fraction of sp³-hybridized carbons (Fsp3) is 0.714. The second-order valence-corrected chi connectivity index (χ2v) is 20.5. The minimum atomic E-state index is -0.491. The van der Waals surface area contributed by atoms with E-state index < -0.39 is 43.2 Å². The van der Waals surface area contributed by atoms with E-state index >= 15 is 0 Å². The van der Waals surface area contributed by atoms with E-state index in [1.54, 1.807) is 12.4 Å². The highest BCUT2D eigenvalue weighted by atomic mass is 79.9. The van der Waals surface area contributed by atoms with Gasteiger partial charge in [0, 0.05) is 34.5 Å². The topological polar surface area (TPSA) is 152 Å². The number of carbonyl (C=O) groups is 2. The van der Waals surface area contributed by atoms with Gasteiger partial charge in [-0.3, -0.25) is 9.59 Å². The molecule has 5 aliphatic rings. The van der Waals surface area contributed by atoms with Crippen LogP contribution in [0, 0.1) is 24.7 Å². The molecule has 60 heavy (non-hydrogen) atoms. The van der Waals surface area contributed by atoms with Crippen molar-refractivity contribution in [2.45, 2.75) is 156 Å². The molecule has 0 radical (unpaired) electrons. The third kappa shape index (κ3) is 10.2. The lowest BCUT2D eigenvalue weighted by Crippen LogP contribution is -2.41. The van der Waals surface area contributed by atoms with Gasteiger partial charge in [0.2, 0.25) is 11.8 Å². The summed E-state index contributed by atoms with van der Waals surface area (Å²) in [7, 11) is 1.41. The molecule has 18 heteroatoms. The maximum Gasteiger partial charge on any atom is 0.496 e. The molecule has 5 fully saturated rings. The predicted molar refractivity (Wildman–Crippen MR) is 232 cm³/mol. The Morgan fingerprint density at radius 1 is 0.583 bits per heavy atom. The molecule has 0 aromatic carbocycles. The normalized spacial score (nSPS) is 23.6. The Bertz CT molecular complexity index is 1820. The van der Waals surface area contributed by atoms with Crippen molar-refractivity contribution in [2.75, 3.05) is 27.4 Å². The Labute approximate surface area is 366 Å². The van der Waals surface area contributed by atoms with Crippen LogP contribution < -0.4 is 14.9 Å². The van der Waals surface area contributed by atoms with Gasteiger partial charge < -0.3 is 46.9 Å². The van der Waals surface area contributed by atoms with Crippen LogP contribution in [-0.2, 0) is 47.0 Å². The van der Waals surface area contributed by atoms with Crippen LogP contribution in [0.25, 0.3) is 0 Å². The van der Waals surface area contributed by atoms with Crippen LogP contribution in [-0.4, -0.2) is 104 Å². The fourth-order valence-corrected chi connectivity index (χ4v) is 6.62. The third-order valence-electron chi connectivity index (χ3n) is 13.4. The zero-order valence-electron chi connectivity index (χ0n) is 38.5. The molecule has 0 atom stereocenters. The summed E-state index contributed by atoms with van der Waals surface area (Å²) in [6, 6.07) is 3.70. The number of carbonyl (C=O) groups excluding carboxylic acids is 2. The molecule has 2 aromatic rings. The van der Waals surface area contributed by atoms with E-state index in [4.69, 9.17) is 46.9 Å². The van der Waals surface area contributed by atoms with Crippen molar-refractivity contribution in [1.82, 2.24) is 9.97 Å². The summed E-state index contributed by atoms with van der Waals surface area (Å²) >= 11 is 3.37. The average Bonchev–Trinajstić information content (AvgIpc) is 4.06. The van der Waals surface area contributed by atoms with Crippen LogP contribution in [0.2, 0.25) is 0 Å². The zero-order valence-corrected chi connectivity index (χ0v) is 40.0. The van der Waals surface area contributed by atoms with E-state index in [1.165, 1.54) is 14.2 Å². The quantitative estimate of drug-likeness (QED) is 0.183. The Morgan fingerprint density at radius 2 is 0.917 bits per heavy atom. The van der Waals surface area contributed by atoms with Gasteiger partial charge in [-0.25, -0.2) is 9.97 Å². The van der Waals surface area contributed by atoms with Crippen LogP contribution in [0.1, 0.15) is 120 Å².